The third-order valence-corrected chi connectivity index (χ3v) is 4.07. The van der Waals surface area contributed by atoms with Crippen molar-refractivity contribution < 1.29 is 9.84 Å². The smallest absolute Gasteiger partial charge is 0.0979 e. The highest BCUT2D eigenvalue weighted by atomic mass is 16.5. The van der Waals surface area contributed by atoms with E-state index in [1.807, 2.05) is 18.2 Å². The van der Waals surface area contributed by atoms with Crippen molar-refractivity contribution in [3.8, 4) is 0 Å². The van der Waals surface area contributed by atoms with Gasteiger partial charge in [-0.05, 0) is 24.8 Å². The molecule has 0 spiro atoms. The van der Waals surface area contributed by atoms with Gasteiger partial charge in [-0.15, -0.1) is 0 Å². The minimum absolute atomic E-state index is 0.146. The molecule has 0 aromatic heterocycles. The highest BCUT2D eigenvalue weighted by Crippen LogP contribution is 2.48. The molecule has 1 aromatic rings. The average Bonchev–Trinajstić information content (AvgIpc) is 2.96. The van der Waals surface area contributed by atoms with Crippen LogP contribution in [-0.4, -0.2) is 23.4 Å². The van der Waals surface area contributed by atoms with Crippen LogP contribution in [-0.2, 0) is 4.74 Å². The van der Waals surface area contributed by atoms with Gasteiger partial charge in [0.1, 0.15) is 0 Å². The first-order valence-corrected chi connectivity index (χ1v) is 6.34. The third-order valence-electron chi connectivity index (χ3n) is 4.07. The van der Waals surface area contributed by atoms with Gasteiger partial charge in [0.15, 0.2) is 0 Å². The van der Waals surface area contributed by atoms with Crippen LogP contribution in [0.25, 0.3) is 6.08 Å². The Kier molecular flexibility index (Phi) is 2.77. The van der Waals surface area contributed by atoms with Crippen LogP contribution in [0.3, 0.4) is 0 Å². The molecule has 17 heavy (non-hydrogen) atoms. The molecule has 3 rings (SSSR count). The maximum atomic E-state index is 9.55. The number of hydrogen-bond donors (Lipinski definition) is 1. The maximum Gasteiger partial charge on any atom is 0.0979 e. The zero-order valence-corrected chi connectivity index (χ0v) is 9.88. The number of benzene rings is 1. The van der Waals surface area contributed by atoms with Gasteiger partial charge < -0.3 is 9.84 Å². The van der Waals surface area contributed by atoms with Gasteiger partial charge in [0.2, 0.25) is 0 Å². The Balaban J connectivity index is 1.76. The lowest BCUT2D eigenvalue weighted by Gasteiger charge is -2.28. The van der Waals surface area contributed by atoms with Gasteiger partial charge in [-0.1, -0.05) is 42.5 Å². The molecule has 0 amide bonds. The molecule has 0 aliphatic carbocycles. The fourth-order valence-corrected chi connectivity index (χ4v) is 3.07. The van der Waals surface area contributed by atoms with Gasteiger partial charge in [-0.3, -0.25) is 0 Å². The lowest BCUT2D eigenvalue weighted by atomic mass is 9.78. The summed E-state index contributed by atoms with van der Waals surface area (Å²) in [6.45, 7) is 0.146. The summed E-state index contributed by atoms with van der Waals surface area (Å²) in [5.74, 6) is 0.367. The van der Waals surface area contributed by atoms with E-state index in [0.717, 1.165) is 19.3 Å². The summed E-state index contributed by atoms with van der Waals surface area (Å²) in [7, 11) is 0. The first-order valence-electron chi connectivity index (χ1n) is 6.34. The van der Waals surface area contributed by atoms with Crippen molar-refractivity contribution in [2.24, 2.45) is 5.92 Å². The van der Waals surface area contributed by atoms with Crippen molar-refractivity contribution in [3.63, 3.8) is 0 Å². The molecule has 2 nitrogen and oxygen atoms in total. The Bertz CT molecular complexity index is 412. The summed E-state index contributed by atoms with van der Waals surface area (Å²) in [5, 5.41) is 9.55. The largest absolute Gasteiger partial charge is 0.393 e. The number of fused-ring (bicyclic) bond motifs is 2. The number of aliphatic hydroxyl groups excluding tert-OH is 1. The molecular weight excluding hydrogens is 212 g/mol. The zero-order valence-electron chi connectivity index (χ0n) is 9.88. The summed E-state index contributed by atoms with van der Waals surface area (Å²) in [4.78, 5) is 0. The van der Waals surface area contributed by atoms with Crippen molar-refractivity contribution in [2.75, 3.05) is 6.61 Å². The standard InChI is InChI=1S/C15H18O2/c16-11-15-9-8-14(17-15)10-13(15)7-6-12-4-2-1-3-5-12/h1-7,13-14,16H,8-11H2/t13-,14-,15-/m1/s1. The Morgan fingerprint density at radius 2 is 2.18 bits per heavy atom. The van der Waals surface area contributed by atoms with Crippen LogP contribution in [0.15, 0.2) is 36.4 Å². The van der Waals surface area contributed by atoms with E-state index >= 15 is 0 Å². The van der Waals surface area contributed by atoms with Gasteiger partial charge in [0, 0.05) is 5.92 Å². The van der Waals surface area contributed by atoms with E-state index in [1.165, 1.54) is 5.56 Å². The lowest BCUT2D eigenvalue weighted by Crippen LogP contribution is -2.36. The second-order valence-corrected chi connectivity index (χ2v) is 5.11. The fraction of sp³-hybridized carbons (Fsp3) is 0.467. The average molecular weight is 230 g/mol. The highest BCUT2D eigenvalue weighted by molar-refractivity contribution is 5.49. The van der Waals surface area contributed by atoms with Gasteiger partial charge in [-0.2, -0.15) is 0 Å². The van der Waals surface area contributed by atoms with Gasteiger partial charge in [0.05, 0.1) is 18.3 Å². The molecule has 0 radical (unpaired) electrons. The Morgan fingerprint density at radius 1 is 1.35 bits per heavy atom. The molecule has 2 aliphatic heterocycles. The molecule has 2 fully saturated rings. The van der Waals surface area contributed by atoms with Crippen molar-refractivity contribution >= 4 is 6.08 Å². The van der Waals surface area contributed by atoms with Crippen LogP contribution in [0, 0.1) is 5.92 Å². The van der Waals surface area contributed by atoms with Crippen LogP contribution in [0.2, 0.25) is 0 Å². The number of ether oxygens (including phenoxy) is 1. The molecule has 0 unspecified atom stereocenters. The van der Waals surface area contributed by atoms with E-state index in [9.17, 15) is 5.11 Å². The van der Waals surface area contributed by atoms with Crippen LogP contribution < -0.4 is 0 Å². The summed E-state index contributed by atoms with van der Waals surface area (Å²) in [6, 6.07) is 10.3. The second-order valence-electron chi connectivity index (χ2n) is 5.11. The van der Waals surface area contributed by atoms with Crippen LogP contribution >= 0.6 is 0 Å². The number of rotatable bonds is 3. The Labute approximate surface area is 102 Å². The third kappa shape index (κ3) is 1.92. The van der Waals surface area contributed by atoms with Crippen LogP contribution in [0.5, 0.6) is 0 Å². The predicted octanol–water partition coefficient (Wildman–Crippen LogP) is 2.63. The quantitative estimate of drug-likeness (QED) is 0.865. The van der Waals surface area contributed by atoms with E-state index in [4.69, 9.17) is 4.74 Å². The first kappa shape index (κ1) is 11.0. The monoisotopic (exact) mass is 230 g/mol. The van der Waals surface area contributed by atoms with Crippen LogP contribution in [0.1, 0.15) is 24.8 Å². The molecule has 90 valence electrons. The number of hydrogen-bond acceptors (Lipinski definition) is 2. The van der Waals surface area contributed by atoms with Crippen LogP contribution in [0.4, 0.5) is 0 Å². The van der Waals surface area contributed by atoms with E-state index in [-0.39, 0.29) is 12.2 Å². The highest BCUT2D eigenvalue weighted by Gasteiger charge is 2.51. The molecule has 1 aromatic carbocycles. The predicted molar refractivity (Wildman–Crippen MR) is 67.5 cm³/mol. The molecule has 2 aliphatic rings. The van der Waals surface area contributed by atoms with E-state index < -0.39 is 0 Å². The van der Waals surface area contributed by atoms with Crippen molar-refractivity contribution in [2.45, 2.75) is 31.0 Å². The molecule has 0 saturated carbocycles. The second kappa shape index (κ2) is 4.28. The molecule has 2 heteroatoms. The zero-order chi connectivity index (χ0) is 11.7. The van der Waals surface area contributed by atoms with Gasteiger partial charge in [0.25, 0.3) is 0 Å². The topological polar surface area (TPSA) is 29.5 Å². The summed E-state index contributed by atoms with van der Waals surface area (Å²) >= 11 is 0. The SMILES string of the molecule is OC[C@]12CC[C@H](C[C@H]1C=Cc1ccccc1)O2. The van der Waals surface area contributed by atoms with E-state index in [0.29, 0.717) is 12.0 Å². The van der Waals surface area contributed by atoms with Gasteiger partial charge >= 0.3 is 0 Å². The Morgan fingerprint density at radius 3 is 2.88 bits per heavy atom. The molecule has 2 heterocycles. The van der Waals surface area contributed by atoms with Gasteiger partial charge in [-0.25, -0.2) is 0 Å². The Hall–Kier alpha value is -1.12. The molecule has 2 saturated heterocycles. The molecule has 3 atom stereocenters. The van der Waals surface area contributed by atoms with Crippen molar-refractivity contribution in [3.05, 3.63) is 42.0 Å². The van der Waals surface area contributed by atoms with E-state index in [1.54, 1.807) is 0 Å². The summed E-state index contributed by atoms with van der Waals surface area (Å²) in [6.07, 6.45) is 7.89. The van der Waals surface area contributed by atoms with Crippen molar-refractivity contribution in [1.82, 2.24) is 0 Å². The minimum Gasteiger partial charge on any atom is -0.393 e. The fourth-order valence-electron chi connectivity index (χ4n) is 3.07. The maximum absolute atomic E-state index is 9.55. The normalized spacial score (nSPS) is 35.8. The molecular formula is C15H18O2. The van der Waals surface area contributed by atoms with Crippen molar-refractivity contribution in [1.29, 1.82) is 0 Å². The number of aliphatic hydroxyl groups is 1. The summed E-state index contributed by atoms with van der Waals surface area (Å²) in [5.41, 5.74) is 0.930. The van der Waals surface area contributed by atoms with E-state index in [2.05, 4.69) is 24.3 Å². The minimum atomic E-state index is -0.282. The lowest BCUT2D eigenvalue weighted by molar-refractivity contribution is -0.0405. The molecule has 2 bridgehead atoms. The summed E-state index contributed by atoms with van der Waals surface area (Å²) < 4.78 is 5.91. The molecule has 1 N–H and O–H groups in total. The first-order chi connectivity index (χ1) is 8.32.